The fourth-order valence-corrected chi connectivity index (χ4v) is 2.70. The number of aliphatic carboxylic acids is 1. The zero-order valence-electron chi connectivity index (χ0n) is 10.8. The molecule has 0 bridgehead atoms. The molecule has 0 aromatic heterocycles. The Labute approximate surface area is 103 Å². The zero-order valence-corrected chi connectivity index (χ0v) is 10.8. The van der Waals surface area contributed by atoms with Crippen molar-refractivity contribution in [2.75, 3.05) is 46.8 Å². The number of carboxylic acids is 1. The molecular weight excluding hydrogens is 218 g/mol. The fourth-order valence-electron chi connectivity index (χ4n) is 2.70. The van der Waals surface area contributed by atoms with E-state index in [0.29, 0.717) is 12.5 Å². The van der Waals surface area contributed by atoms with Crippen LogP contribution in [0.2, 0.25) is 0 Å². The van der Waals surface area contributed by atoms with Crippen LogP contribution in [0.3, 0.4) is 0 Å². The minimum atomic E-state index is -0.726. The molecule has 1 aliphatic carbocycles. The molecular formula is C12H23N3O2. The average molecular weight is 241 g/mol. The molecule has 0 radical (unpaired) electrons. The van der Waals surface area contributed by atoms with Gasteiger partial charge in [0.2, 0.25) is 0 Å². The highest BCUT2D eigenvalue weighted by Gasteiger charge is 2.51. The SMILES string of the molecule is CNC(CN1CCN(C)CC1)(C(=O)O)C1CC1. The predicted molar refractivity (Wildman–Crippen MR) is 66.1 cm³/mol. The molecule has 5 heteroatoms. The average Bonchev–Trinajstić information content (AvgIpc) is 3.12. The van der Waals surface area contributed by atoms with Gasteiger partial charge in [-0.3, -0.25) is 9.69 Å². The summed E-state index contributed by atoms with van der Waals surface area (Å²) in [7, 11) is 3.89. The number of piperazine rings is 1. The maximum Gasteiger partial charge on any atom is 0.325 e. The van der Waals surface area contributed by atoms with E-state index in [4.69, 9.17) is 0 Å². The normalized spacial score (nSPS) is 26.7. The highest BCUT2D eigenvalue weighted by atomic mass is 16.4. The Morgan fingerprint density at radius 1 is 1.35 bits per heavy atom. The van der Waals surface area contributed by atoms with Crippen LogP contribution in [0.5, 0.6) is 0 Å². The molecule has 0 aromatic rings. The molecule has 2 fully saturated rings. The van der Waals surface area contributed by atoms with Crippen LogP contribution in [0, 0.1) is 5.92 Å². The number of carboxylic acid groups (broad SMARTS) is 1. The summed E-state index contributed by atoms with van der Waals surface area (Å²) < 4.78 is 0. The van der Waals surface area contributed by atoms with E-state index >= 15 is 0 Å². The third-order valence-corrected chi connectivity index (χ3v) is 4.17. The lowest BCUT2D eigenvalue weighted by Gasteiger charge is -2.39. The van der Waals surface area contributed by atoms with Gasteiger partial charge < -0.3 is 15.3 Å². The molecule has 1 saturated heterocycles. The molecule has 1 atom stereocenters. The first-order valence-corrected chi connectivity index (χ1v) is 6.41. The number of nitrogens with one attached hydrogen (secondary N) is 1. The van der Waals surface area contributed by atoms with Crippen molar-refractivity contribution in [3.8, 4) is 0 Å². The van der Waals surface area contributed by atoms with Crippen molar-refractivity contribution in [2.45, 2.75) is 18.4 Å². The summed E-state index contributed by atoms with van der Waals surface area (Å²) in [5.74, 6) is -0.383. The van der Waals surface area contributed by atoms with Gasteiger partial charge in [-0.2, -0.15) is 0 Å². The van der Waals surface area contributed by atoms with E-state index in [9.17, 15) is 9.90 Å². The van der Waals surface area contributed by atoms with Crippen molar-refractivity contribution in [3.05, 3.63) is 0 Å². The van der Waals surface area contributed by atoms with Crippen molar-refractivity contribution >= 4 is 5.97 Å². The molecule has 1 unspecified atom stereocenters. The van der Waals surface area contributed by atoms with Crippen molar-refractivity contribution in [3.63, 3.8) is 0 Å². The van der Waals surface area contributed by atoms with E-state index in [1.165, 1.54) is 0 Å². The number of likely N-dealkylation sites (N-methyl/N-ethyl adjacent to an activating group) is 2. The quantitative estimate of drug-likeness (QED) is 0.691. The summed E-state index contributed by atoms with van der Waals surface area (Å²) in [5.41, 5.74) is -0.726. The van der Waals surface area contributed by atoms with E-state index < -0.39 is 11.5 Å². The molecule has 98 valence electrons. The van der Waals surface area contributed by atoms with Gasteiger partial charge in [0.1, 0.15) is 5.54 Å². The molecule has 1 aliphatic heterocycles. The van der Waals surface area contributed by atoms with Crippen LogP contribution in [-0.4, -0.2) is 73.2 Å². The first kappa shape index (κ1) is 12.8. The number of hydrogen-bond donors (Lipinski definition) is 2. The Hall–Kier alpha value is -0.650. The second-order valence-corrected chi connectivity index (χ2v) is 5.38. The third kappa shape index (κ3) is 2.61. The molecule has 0 aromatic carbocycles. The van der Waals surface area contributed by atoms with Crippen molar-refractivity contribution in [1.82, 2.24) is 15.1 Å². The van der Waals surface area contributed by atoms with E-state index in [0.717, 1.165) is 39.0 Å². The molecule has 2 rings (SSSR count). The van der Waals surface area contributed by atoms with Gasteiger partial charge in [0, 0.05) is 32.7 Å². The summed E-state index contributed by atoms with van der Waals surface area (Å²) in [6, 6.07) is 0. The van der Waals surface area contributed by atoms with E-state index in [1.807, 2.05) is 0 Å². The predicted octanol–water partition coefficient (Wildman–Crippen LogP) is -0.313. The minimum Gasteiger partial charge on any atom is -0.480 e. The number of rotatable bonds is 5. The van der Waals surface area contributed by atoms with Gasteiger partial charge >= 0.3 is 5.97 Å². The Bertz CT molecular complexity index is 285. The van der Waals surface area contributed by atoms with Crippen molar-refractivity contribution in [1.29, 1.82) is 0 Å². The van der Waals surface area contributed by atoms with Crippen LogP contribution in [0.1, 0.15) is 12.8 Å². The van der Waals surface area contributed by atoms with Gasteiger partial charge in [-0.15, -0.1) is 0 Å². The Morgan fingerprint density at radius 2 is 1.94 bits per heavy atom. The topological polar surface area (TPSA) is 55.8 Å². The largest absolute Gasteiger partial charge is 0.480 e. The minimum absolute atomic E-state index is 0.310. The summed E-state index contributed by atoms with van der Waals surface area (Å²) in [5, 5.41) is 12.6. The summed E-state index contributed by atoms with van der Waals surface area (Å²) >= 11 is 0. The number of carbonyl (C=O) groups is 1. The summed E-state index contributed by atoms with van der Waals surface area (Å²) in [6.45, 7) is 4.64. The molecule has 2 N–H and O–H groups in total. The van der Waals surface area contributed by atoms with Crippen LogP contribution < -0.4 is 5.32 Å². The number of hydrogen-bond acceptors (Lipinski definition) is 4. The van der Waals surface area contributed by atoms with E-state index in [1.54, 1.807) is 7.05 Å². The van der Waals surface area contributed by atoms with Gasteiger partial charge in [0.05, 0.1) is 0 Å². The Balaban J connectivity index is 2.00. The van der Waals surface area contributed by atoms with Crippen LogP contribution in [0.25, 0.3) is 0 Å². The van der Waals surface area contributed by atoms with Crippen LogP contribution in [-0.2, 0) is 4.79 Å². The van der Waals surface area contributed by atoms with Gasteiger partial charge in [-0.05, 0) is 32.9 Å². The van der Waals surface area contributed by atoms with E-state index in [2.05, 4.69) is 22.2 Å². The molecule has 0 amide bonds. The lowest BCUT2D eigenvalue weighted by atomic mass is 9.92. The highest BCUT2D eigenvalue weighted by Crippen LogP contribution is 2.40. The second-order valence-electron chi connectivity index (χ2n) is 5.38. The highest BCUT2D eigenvalue weighted by molar-refractivity contribution is 5.80. The molecule has 2 aliphatic rings. The van der Waals surface area contributed by atoms with Gasteiger partial charge in [-0.1, -0.05) is 0 Å². The van der Waals surface area contributed by atoms with Crippen molar-refractivity contribution in [2.24, 2.45) is 5.92 Å². The first-order valence-electron chi connectivity index (χ1n) is 6.41. The fraction of sp³-hybridized carbons (Fsp3) is 0.917. The number of nitrogens with zero attached hydrogens (tertiary/aromatic N) is 2. The second kappa shape index (κ2) is 4.92. The third-order valence-electron chi connectivity index (χ3n) is 4.17. The summed E-state index contributed by atoms with van der Waals surface area (Å²) in [6.07, 6.45) is 2.09. The lowest BCUT2D eigenvalue weighted by Crippen LogP contribution is -2.61. The molecule has 5 nitrogen and oxygen atoms in total. The van der Waals surface area contributed by atoms with Crippen LogP contribution in [0.15, 0.2) is 0 Å². The van der Waals surface area contributed by atoms with Crippen LogP contribution >= 0.6 is 0 Å². The smallest absolute Gasteiger partial charge is 0.325 e. The first-order chi connectivity index (χ1) is 8.08. The molecule has 17 heavy (non-hydrogen) atoms. The van der Waals surface area contributed by atoms with Crippen LogP contribution in [0.4, 0.5) is 0 Å². The molecule has 0 spiro atoms. The molecule has 1 heterocycles. The standard InChI is InChI=1S/C12H23N3O2/c1-13-12(11(16)17,10-3-4-10)9-15-7-5-14(2)6-8-15/h10,13H,3-9H2,1-2H3,(H,16,17). The lowest BCUT2D eigenvalue weighted by molar-refractivity contribution is -0.147. The zero-order chi connectivity index (χ0) is 12.5. The van der Waals surface area contributed by atoms with Crippen molar-refractivity contribution < 1.29 is 9.90 Å². The van der Waals surface area contributed by atoms with Gasteiger partial charge in [0.25, 0.3) is 0 Å². The van der Waals surface area contributed by atoms with E-state index in [-0.39, 0.29) is 0 Å². The molecule has 1 saturated carbocycles. The van der Waals surface area contributed by atoms with Gasteiger partial charge in [-0.25, -0.2) is 0 Å². The Kier molecular flexibility index (Phi) is 3.70. The Morgan fingerprint density at radius 3 is 2.35 bits per heavy atom. The summed E-state index contributed by atoms with van der Waals surface area (Å²) in [4.78, 5) is 16.1. The maximum atomic E-state index is 11.6. The monoisotopic (exact) mass is 241 g/mol. The van der Waals surface area contributed by atoms with Gasteiger partial charge in [0.15, 0.2) is 0 Å². The maximum absolute atomic E-state index is 11.6.